The van der Waals surface area contributed by atoms with Crippen molar-refractivity contribution in [3.8, 4) is 11.5 Å². The molecule has 1 saturated heterocycles. The number of methoxy groups -OCH3 is 2. The molecule has 1 aromatic heterocycles. The van der Waals surface area contributed by atoms with Crippen molar-refractivity contribution in [1.29, 1.82) is 0 Å². The van der Waals surface area contributed by atoms with Gasteiger partial charge in [0.1, 0.15) is 5.82 Å². The Morgan fingerprint density at radius 1 is 1.09 bits per heavy atom. The molecule has 1 aliphatic heterocycles. The maximum atomic E-state index is 13.1. The second-order valence-corrected chi connectivity index (χ2v) is 7.61. The fourth-order valence-corrected chi connectivity index (χ4v) is 3.95. The van der Waals surface area contributed by atoms with E-state index in [9.17, 15) is 4.79 Å². The molecule has 0 saturated carbocycles. The molecule has 0 aliphatic carbocycles. The zero-order valence-electron chi connectivity index (χ0n) is 18.4. The van der Waals surface area contributed by atoms with Crippen LogP contribution in [-0.4, -0.2) is 44.7 Å². The van der Waals surface area contributed by atoms with Gasteiger partial charge in [-0.15, -0.1) is 0 Å². The molecule has 2 N–H and O–H groups in total. The van der Waals surface area contributed by atoms with E-state index in [1.54, 1.807) is 26.5 Å². The number of piperazine rings is 1. The predicted octanol–water partition coefficient (Wildman–Crippen LogP) is 3.18. The normalized spacial score (nSPS) is 15.8. The maximum Gasteiger partial charge on any atom is 0.255 e. The van der Waals surface area contributed by atoms with Crippen LogP contribution in [0, 0.1) is 0 Å². The Morgan fingerprint density at radius 2 is 1.91 bits per heavy atom. The molecule has 0 spiro atoms. The zero-order valence-corrected chi connectivity index (χ0v) is 18.4. The van der Waals surface area contributed by atoms with Gasteiger partial charge in [-0.05, 0) is 35.4 Å². The number of hydrogen-bond donors (Lipinski definition) is 2. The van der Waals surface area contributed by atoms with Gasteiger partial charge in [-0.3, -0.25) is 4.79 Å². The molecular formula is C25H28N4O3. The lowest BCUT2D eigenvalue weighted by molar-refractivity contribution is 0.0951. The number of hydrogen-bond acceptors (Lipinski definition) is 6. The largest absolute Gasteiger partial charge is 0.493 e. The average molecular weight is 433 g/mol. The van der Waals surface area contributed by atoms with Gasteiger partial charge in [-0.2, -0.15) is 0 Å². The third-order valence-electron chi connectivity index (χ3n) is 5.61. The van der Waals surface area contributed by atoms with Gasteiger partial charge in [0, 0.05) is 38.4 Å². The molecule has 1 atom stereocenters. The summed E-state index contributed by atoms with van der Waals surface area (Å²) in [6.07, 6.45) is 1.74. The highest BCUT2D eigenvalue weighted by Gasteiger charge is 2.25. The highest BCUT2D eigenvalue weighted by Crippen LogP contribution is 2.28. The van der Waals surface area contributed by atoms with Crippen LogP contribution in [0.4, 0.5) is 5.82 Å². The lowest BCUT2D eigenvalue weighted by Crippen LogP contribution is -2.46. The summed E-state index contributed by atoms with van der Waals surface area (Å²) in [5.41, 5.74) is 2.72. The monoisotopic (exact) mass is 432 g/mol. The number of carbonyl (C=O) groups is 1. The number of pyridine rings is 1. The van der Waals surface area contributed by atoms with Crippen LogP contribution in [0.2, 0.25) is 0 Å². The van der Waals surface area contributed by atoms with Crippen LogP contribution in [0.5, 0.6) is 11.5 Å². The summed E-state index contributed by atoms with van der Waals surface area (Å²) < 4.78 is 10.6. The number of aromatic nitrogens is 1. The molecule has 0 bridgehead atoms. The van der Waals surface area contributed by atoms with E-state index in [0.29, 0.717) is 29.4 Å². The van der Waals surface area contributed by atoms with E-state index in [1.807, 2.05) is 42.5 Å². The predicted molar refractivity (Wildman–Crippen MR) is 124 cm³/mol. The van der Waals surface area contributed by atoms with Gasteiger partial charge in [0.2, 0.25) is 0 Å². The van der Waals surface area contributed by atoms with Crippen LogP contribution in [0.15, 0.2) is 66.9 Å². The van der Waals surface area contributed by atoms with Crippen LogP contribution in [0.1, 0.15) is 27.5 Å². The van der Waals surface area contributed by atoms with Crippen LogP contribution < -0.4 is 25.0 Å². The number of anilines is 1. The molecule has 166 valence electrons. The van der Waals surface area contributed by atoms with Crippen molar-refractivity contribution >= 4 is 11.7 Å². The van der Waals surface area contributed by atoms with Crippen LogP contribution in [0.3, 0.4) is 0 Å². The first-order chi connectivity index (χ1) is 15.7. The molecule has 7 nitrogen and oxygen atoms in total. The summed E-state index contributed by atoms with van der Waals surface area (Å²) in [4.78, 5) is 19.8. The van der Waals surface area contributed by atoms with Gasteiger partial charge in [0.25, 0.3) is 5.91 Å². The van der Waals surface area contributed by atoms with Crippen molar-refractivity contribution in [3.63, 3.8) is 0 Å². The standard InChI is InChI=1S/C25H28N4O3/c1-31-22-11-10-18(15-23(22)32-2)16-28-25(30)20-9-6-12-27-24(20)29-14-13-26-21(17-29)19-7-4-3-5-8-19/h3-12,15,21,26H,13-14,16-17H2,1-2H3,(H,28,30)/t21-/m1/s1. The molecule has 2 heterocycles. The number of amides is 1. The highest BCUT2D eigenvalue weighted by atomic mass is 16.5. The molecule has 2 aromatic carbocycles. The summed E-state index contributed by atoms with van der Waals surface area (Å²) >= 11 is 0. The molecule has 3 aromatic rings. The Kier molecular flexibility index (Phi) is 6.87. The molecule has 1 amide bonds. The summed E-state index contributed by atoms with van der Waals surface area (Å²) in [6, 6.07) is 19.8. The molecule has 4 rings (SSSR count). The van der Waals surface area contributed by atoms with Gasteiger partial charge in [-0.25, -0.2) is 4.98 Å². The first-order valence-electron chi connectivity index (χ1n) is 10.7. The average Bonchev–Trinajstić information content (AvgIpc) is 2.87. The number of ether oxygens (including phenoxy) is 2. The van der Waals surface area contributed by atoms with E-state index in [-0.39, 0.29) is 11.9 Å². The Labute approximate surface area is 188 Å². The third kappa shape index (κ3) is 4.84. The van der Waals surface area contributed by atoms with Crippen molar-refractivity contribution in [2.75, 3.05) is 38.8 Å². The summed E-state index contributed by atoms with van der Waals surface area (Å²) in [7, 11) is 3.19. The van der Waals surface area contributed by atoms with Gasteiger partial charge in [0.15, 0.2) is 11.5 Å². The van der Waals surface area contributed by atoms with Crippen molar-refractivity contribution in [2.24, 2.45) is 0 Å². The molecule has 1 aliphatic rings. The second-order valence-electron chi connectivity index (χ2n) is 7.61. The number of carbonyl (C=O) groups excluding carboxylic acids is 1. The fourth-order valence-electron chi connectivity index (χ4n) is 3.95. The Bertz CT molecular complexity index is 1060. The van der Waals surface area contributed by atoms with Crippen LogP contribution in [0.25, 0.3) is 0 Å². The van der Waals surface area contributed by atoms with E-state index in [4.69, 9.17) is 9.47 Å². The molecule has 0 radical (unpaired) electrons. The van der Waals surface area contributed by atoms with Gasteiger partial charge >= 0.3 is 0 Å². The lowest BCUT2D eigenvalue weighted by Gasteiger charge is -2.35. The van der Waals surface area contributed by atoms with Crippen molar-refractivity contribution < 1.29 is 14.3 Å². The number of nitrogens with one attached hydrogen (secondary N) is 2. The summed E-state index contributed by atoms with van der Waals surface area (Å²) in [6.45, 7) is 2.73. The quantitative estimate of drug-likeness (QED) is 0.597. The lowest BCUT2D eigenvalue weighted by atomic mass is 10.0. The molecule has 1 fully saturated rings. The van der Waals surface area contributed by atoms with Crippen molar-refractivity contribution in [3.05, 3.63) is 83.6 Å². The minimum atomic E-state index is -0.155. The SMILES string of the molecule is COc1ccc(CNC(=O)c2cccnc2N2CCN[C@@H](c3ccccc3)C2)cc1OC. The van der Waals surface area contributed by atoms with E-state index in [0.717, 1.165) is 25.2 Å². The van der Waals surface area contributed by atoms with Gasteiger partial charge in [0.05, 0.1) is 19.8 Å². The third-order valence-corrected chi connectivity index (χ3v) is 5.61. The molecule has 32 heavy (non-hydrogen) atoms. The van der Waals surface area contributed by atoms with E-state index < -0.39 is 0 Å². The summed E-state index contributed by atoms with van der Waals surface area (Å²) in [5.74, 6) is 1.84. The number of nitrogens with zero attached hydrogens (tertiary/aromatic N) is 2. The van der Waals surface area contributed by atoms with Gasteiger partial charge in [-0.1, -0.05) is 36.4 Å². The molecular weight excluding hydrogens is 404 g/mol. The summed E-state index contributed by atoms with van der Waals surface area (Å²) in [5, 5.41) is 6.57. The van der Waals surface area contributed by atoms with Crippen molar-refractivity contribution in [2.45, 2.75) is 12.6 Å². The maximum absolute atomic E-state index is 13.1. The minimum absolute atomic E-state index is 0.155. The smallest absolute Gasteiger partial charge is 0.255 e. The zero-order chi connectivity index (χ0) is 22.3. The highest BCUT2D eigenvalue weighted by molar-refractivity contribution is 5.98. The second kappa shape index (κ2) is 10.2. The van der Waals surface area contributed by atoms with E-state index in [2.05, 4.69) is 32.7 Å². The minimum Gasteiger partial charge on any atom is -0.493 e. The molecule has 7 heteroatoms. The van der Waals surface area contributed by atoms with Gasteiger partial charge < -0.3 is 25.0 Å². The molecule has 0 unspecified atom stereocenters. The van der Waals surface area contributed by atoms with Crippen molar-refractivity contribution in [1.82, 2.24) is 15.6 Å². The Hall–Kier alpha value is -3.58. The van der Waals surface area contributed by atoms with Crippen LogP contribution in [-0.2, 0) is 6.54 Å². The number of rotatable bonds is 7. The topological polar surface area (TPSA) is 75.7 Å². The number of benzene rings is 2. The van der Waals surface area contributed by atoms with E-state index in [1.165, 1.54) is 5.56 Å². The fraction of sp³-hybridized carbons (Fsp3) is 0.280. The first-order valence-corrected chi connectivity index (χ1v) is 10.7. The first kappa shape index (κ1) is 21.6. The Morgan fingerprint density at radius 3 is 2.69 bits per heavy atom. The van der Waals surface area contributed by atoms with E-state index >= 15 is 0 Å². The Balaban J connectivity index is 1.47. The van der Waals surface area contributed by atoms with Crippen LogP contribution >= 0.6 is 0 Å².